The minimum Gasteiger partial charge on any atom is -0.317 e. The summed E-state index contributed by atoms with van der Waals surface area (Å²) in [6.45, 7) is 0. The fourth-order valence-electron chi connectivity index (χ4n) is 1.57. The lowest BCUT2D eigenvalue weighted by Crippen LogP contribution is -2.28. The Balaban J connectivity index is 2.65. The van der Waals surface area contributed by atoms with Crippen molar-refractivity contribution in [3.63, 3.8) is 0 Å². The van der Waals surface area contributed by atoms with Crippen LogP contribution >= 0.6 is 27.7 Å². The lowest BCUT2D eigenvalue weighted by Gasteiger charge is -2.16. The molecule has 0 fully saturated rings. The van der Waals surface area contributed by atoms with Gasteiger partial charge in [-0.3, -0.25) is 0 Å². The quantitative estimate of drug-likeness (QED) is 0.863. The summed E-state index contributed by atoms with van der Waals surface area (Å²) in [5, 5.41) is 3.28. The van der Waals surface area contributed by atoms with E-state index in [-0.39, 0.29) is 5.82 Å². The summed E-state index contributed by atoms with van der Waals surface area (Å²) >= 11 is 5.29. The Bertz CT molecular complexity index is 333. The maximum absolute atomic E-state index is 13.1. The van der Waals surface area contributed by atoms with Crippen molar-refractivity contribution in [2.45, 2.75) is 18.9 Å². The van der Waals surface area contributed by atoms with E-state index in [1.54, 1.807) is 12.1 Å². The highest BCUT2D eigenvalue weighted by molar-refractivity contribution is 9.10. The van der Waals surface area contributed by atoms with Gasteiger partial charge in [-0.15, -0.1) is 0 Å². The smallest absolute Gasteiger partial charge is 0.123 e. The highest BCUT2D eigenvalue weighted by Crippen LogP contribution is 2.20. The molecule has 0 bridgehead atoms. The molecule has 0 aliphatic carbocycles. The first kappa shape index (κ1) is 14.0. The van der Waals surface area contributed by atoms with Crippen LogP contribution in [0.2, 0.25) is 0 Å². The van der Waals surface area contributed by atoms with Gasteiger partial charge >= 0.3 is 0 Å². The Morgan fingerprint density at radius 2 is 2.25 bits per heavy atom. The van der Waals surface area contributed by atoms with E-state index in [0.717, 1.165) is 28.6 Å². The molecule has 1 aromatic rings. The lowest BCUT2D eigenvalue weighted by atomic mass is 10.0. The summed E-state index contributed by atoms with van der Waals surface area (Å²) in [5.74, 6) is 0.955. The Morgan fingerprint density at radius 3 is 2.88 bits per heavy atom. The molecule has 0 saturated heterocycles. The van der Waals surface area contributed by atoms with Crippen molar-refractivity contribution in [1.82, 2.24) is 5.32 Å². The number of hydrogen-bond acceptors (Lipinski definition) is 2. The molecule has 0 radical (unpaired) electrons. The van der Waals surface area contributed by atoms with E-state index in [1.807, 2.05) is 18.8 Å². The van der Waals surface area contributed by atoms with Gasteiger partial charge in [-0.2, -0.15) is 11.8 Å². The zero-order valence-electron chi connectivity index (χ0n) is 9.59. The third-order valence-corrected chi connectivity index (χ3v) is 3.97. The lowest BCUT2D eigenvalue weighted by molar-refractivity contribution is 0.543. The Kier molecular flexibility index (Phi) is 6.39. The van der Waals surface area contributed by atoms with Crippen molar-refractivity contribution in [2.24, 2.45) is 0 Å². The van der Waals surface area contributed by atoms with E-state index in [1.165, 1.54) is 6.07 Å². The van der Waals surface area contributed by atoms with E-state index in [0.29, 0.717) is 6.04 Å². The van der Waals surface area contributed by atoms with Gasteiger partial charge in [-0.05, 0) is 55.7 Å². The number of hydrogen-bond donors (Lipinski definition) is 1. The molecule has 0 aromatic heterocycles. The fraction of sp³-hybridized carbons (Fsp3) is 0.500. The first-order valence-electron chi connectivity index (χ1n) is 5.27. The molecule has 0 aliphatic heterocycles. The first-order valence-corrected chi connectivity index (χ1v) is 7.46. The molecule has 1 unspecified atom stereocenters. The van der Waals surface area contributed by atoms with Gasteiger partial charge < -0.3 is 5.32 Å². The van der Waals surface area contributed by atoms with Crippen molar-refractivity contribution in [1.29, 1.82) is 0 Å². The van der Waals surface area contributed by atoms with Gasteiger partial charge in [-0.1, -0.05) is 15.9 Å². The van der Waals surface area contributed by atoms with Crippen LogP contribution in [0.5, 0.6) is 0 Å². The minimum absolute atomic E-state index is 0.169. The number of thioether (sulfide) groups is 1. The van der Waals surface area contributed by atoms with Crippen LogP contribution < -0.4 is 5.32 Å². The van der Waals surface area contributed by atoms with Crippen molar-refractivity contribution >= 4 is 27.7 Å². The number of benzene rings is 1. The van der Waals surface area contributed by atoms with Crippen LogP contribution in [0.1, 0.15) is 12.0 Å². The van der Waals surface area contributed by atoms with E-state index in [2.05, 4.69) is 27.5 Å². The molecule has 0 aliphatic rings. The van der Waals surface area contributed by atoms with Crippen LogP contribution in [0.4, 0.5) is 4.39 Å². The molecule has 1 aromatic carbocycles. The fourth-order valence-corrected chi connectivity index (χ4v) is 2.50. The number of halogens is 2. The first-order chi connectivity index (χ1) is 7.67. The van der Waals surface area contributed by atoms with E-state index < -0.39 is 0 Å². The van der Waals surface area contributed by atoms with E-state index in [4.69, 9.17) is 0 Å². The second-order valence-electron chi connectivity index (χ2n) is 3.71. The molecule has 0 spiro atoms. The molecule has 16 heavy (non-hydrogen) atoms. The second kappa shape index (κ2) is 7.30. The largest absolute Gasteiger partial charge is 0.317 e. The van der Waals surface area contributed by atoms with E-state index in [9.17, 15) is 4.39 Å². The molecular weight excluding hydrogens is 289 g/mol. The number of rotatable bonds is 6. The molecule has 0 saturated carbocycles. The molecule has 1 N–H and O–H groups in total. The summed E-state index contributed by atoms with van der Waals surface area (Å²) < 4.78 is 14.1. The SMILES string of the molecule is CNC(CCSC)Cc1cc(F)ccc1Br. The van der Waals surface area contributed by atoms with Crippen molar-refractivity contribution in [3.05, 3.63) is 34.1 Å². The monoisotopic (exact) mass is 305 g/mol. The number of likely N-dealkylation sites (N-methyl/N-ethyl adjacent to an activating group) is 1. The molecular formula is C12H17BrFNS. The number of nitrogens with one attached hydrogen (secondary N) is 1. The highest BCUT2D eigenvalue weighted by Gasteiger charge is 2.10. The molecule has 1 nitrogen and oxygen atoms in total. The predicted molar refractivity (Wildman–Crippen MR) is 73.7 cm³/mol. The van der Waals surface area contributed by atoms with Crippen LogP contribution in [0, 0.1) is 5.82 Å². The summed E-state index contributed by atoms with van der Waals surface area (Å²) in [6, 6.07) is 5.26. The van der Waals surface area contributed by atoms with Crippen LogP contribution in [0.15, 0.2) is 22.7 Å². The molecule has 1 atom stereocenters. The average Bonchev–Trinajstić information content (AvgIpc) is 2.28. The van der Waals surface area contributed by atoms with Gasteiger partial charge in [0.1, 0.15) is 5.82 Å². The third kappa shape index (κ3) is 4.44. The molecule has 1 rings (SSSR count). The van der Waals surface area contributed by atoms with Crippen LogP contribution in [0.25, 0.3) is 0 Å². The molecule has 4 heteroatoms. The summed E-state index contributed by atoms with van der Waals surface area (Å²) in [5.41, 5.74) is 1.03. The molecule has 0 heterocycles. The zero-order chi connectivity index (χ0) is 12.0. The molecule has 0 amide bonds. The van der Waals surface area contributed by atoms with Crippen LogP contribution in [-0.4, -0.2) is 25.1 Å². The summed E-state index contributed by atoms with van der Waals surface area (Å²) in [6.07, 6.45) is 4.06. The van der Waals surface area contributed by atoms with Crippen molar-refractivity contribution in [2.75, 3.05) is 19.1 Å². The molecule has 90 valence electrons. The van der Waals surface area contributed by atoms with Gasteiger partial charge in [0.15, 0.2) is 0 Å². The van der Waals surface area contributed by atoms with Gasteiger partial charge in [0, 0.05) is 10.5 Å². The minimum atomic E-state index is -0.169. The maximum atomic E-state index is 13.1. The maximum Gasteiger partial charge on any atom is 0.123 e. The van der Waals surface area contributed by atoms with Gasteiger partial charge in [-0.25, -0.2) is 4.39 Å². The summed E-state index contributed by atoms with van der Waals surface area (Å²) in [7, 11) is 1.96. The Hall–Kier alpha value is -0.0600. The van der Waals surface area contributed by atoms with Gasteiger partial charge in [0.2, 0.25) is 0 Å². The summed E-state index contributed by atoms with van der Waals surface area (Å²) in [4.78, 5) is 0. The normalized spacial score (nSPS) is 12.8. The second-order valence-corrected chi connectivity index (χ2v) is 5.55. The Morgan fingerprint density at radius 1 is 1.50 bits per heavy atom. The Labute approximate surface area is 109 Å². The third-order valence-electron chi connectivity index (χ3n) is 2.55. The van der Waals surface area contributed by atoms with Crippen molar-refractivity contribution in [3.8, 4) is 0 Å². The van der Waals surface area contributed by atoms with Crippen LogP contribution in [-0.2, 0) is 6.42 Å². The standard InChI is InChI=1S/C12H17BrFNS/c1-15-11(5-6-16-2)8-9-7-10(14)3-4-12(9)13/h3-4,7,11,15H,5-6,8H2,1-2H3. The van der Waals surface area contributed by atoms with E-state index >= 15 is 0 Å². The van der Waals surface area contributed by atoms with Gasteiger partial charge in [0.05, 0.1) is 0 Å². The van der Waals surface area contributed by atoms with Crippen molar-refractivity contribution < 1.29 is 4.39 Å². The predicted octanol–water partition coefficient (Wildman–Crippen LogP) is 3.47. The van der Waals surface area contributed by atoms with Gasteiger partial charge in [0.25, 0.3) is 0 Å². The highest BCUT2D eigenvalue weighted by atomic mass is 79.9. The zero-order valence-corrected chi connectivity index (χ0v) is 12.0. The topological polar surface area (TPSA) is 12.0 Å². The average molecular weight is 306 g/mol. The van der Waals surface area contributed by atoms with Crippen LogP contribution in [0.3, 0.4) is 0 Å².